The molecule has 0 unspecified atom stereocenters. The largest absolute Gasteiger partial charge is 0.506 e. The first-order chi connectivity index (χ1) is 12.1. The highest BCUT2D eigenvalue weighted by atomic mass is 16.3. The summed E-state index contributed by atoms with van der Waals surface area (Å²) in [5.74, 6) is -0.853. The lowest BCUT2D eigenvalue weighted by atomic mass is 10.1. The van der Waals surface area contributed by atoms with E-state index < -0.39 is 11.5 Å². The van der Waals surface area contributed by atoms with Gasteiger partial charge in [0, 0.05) is 17.6 Å². The first-order valence-electron chi connectivity index (χ1n) is 8.15. The van der Waals surface area contributed by atoms with Gasteiger partial charge in [0.25, 0.3) is 11.5 Å². The second-order valence-electron chi connectivity index (χ2n) is 6.27. The van der Waals surface area contributed by atoms with Gasteiger partial charge in [-0.3, -0.25) is 14.6 Å². The fraction of sp³-hybridized carbons (Fsp3) is 0.211. The van der Waals surface area contributed by atoms with Gasteiger partial charge < -0.3 is 15.0 Å². The molecule has 3 heterocycles. The maximum absolute atomic E-state index is 12.9. The van der Waals surface area contributed by atoms with Crippen molar-refractivity contribution in [2.75, 3.05) is 0 Å². The molecule has 0 spiro atoms. The van der Waals surface area contributed by atoms with Crippen LogP contribution < -0.4 is 10.9 Å². The van der Waals surface area contributed by atoms with Crippen LogP contribution in [0.3, 0.4) is 0 Å². The Balaban J connectivity index is 1.78. The second kappa shape index (κ2) is 5.73. The fourth-order valence-electron chi connectivity index (χ4n) is 3.49. The van der Waals surface area contributed by atoms with Gasteiger partial charge >= 0.3 is 0 Å². The number of nitrogens with one attached hydrogen (secondary N) is 1. The Kier molecular flexibility index (Phi) is 3.53. The zero-order valence-corrected chi connectivity index (χ0v) is 13.7. The number of para-hydroxylation sites is 1. The highest BCUT2D eigenvalue weighted by molar-refractivity contribution is 6.03. The van der Waals surface area contributed by atoms with Crippen molar-refractivity contribution in [2.24, 2.45) is 0 Å². The number of pyridine rings is 2. The summed E-state index contributed by atoms with van der Waals surface area (Å²) in [7, 11) is 0. The molecular formula is C19H17N3O3. The summed E-state index contributed by atoms with van der Waals surface area (Å²) in [5, 5.41) is 13.8. The first-order valence-corrected chi connectivity index (χ1v) is 8.15. The summed E-state index contributed by atoms with van der Waals surface area (Å²) in [5.41, 5.74) is 1.74. The summed E-state index contributed by atoms with van der Waals surface area (Å²) < 4.78 is 1.61. The molecular weight excluding hydrogens is 318 g/mol. The van der Waals surface area contributed by atoms with Crippen molar-refractivity contribution in [1.82, 2.24) is 14.9 Å². The smallest absolute Gasteiger partial charge is 0.267 e. The number of aromatic nitrogens is 2. The molecule has 1 atom stereocenters. The standard InChI is InChI=1S/C19H17N3O3/c1-11-9-12-5-4-7-14-16(12)22(11)19(25)15(17(14)23)18(24)21-10-13-6-2-3-8-20-13/h2-8,11,23H,9-10H2,1H3,(H,21,24)/t11-/m0/s1. The van der Waals surface area contributed by atoms with Crippen molar-refractivity contribution < 1.29 is 9.90 Å². The van der Waals surface area contributed by atoms with E-state index in [1.807, 2.05) is 25.1 Å². The van der Waals surface area contributed by atoms with Crippen molar-refractivity contribution in [3.8, 4) is 5.75 Å². The van der Waals surface area contributed by atoms with Crippen molar-refractivity contribution in [2.45, 2.75) is 25.9 Å². The van der Waals surface area contributed by atoms with Crippen molar-refractivity contribution >= 4 is 16.8 Å². The third-order valence-electron chi connectivity index (χ3n) is 4.62. The molecule has 1 aliphatic rings. The van der Waals surface area contributed by atoms with Gasteiger partial charge in [0.1, 0.15) is 11.3 Å². The van der Waals surface area contributed by atoms with Gasteiger partial charge in [0.05, 0.1) is 17.8 Å². The highest BCUT2D eigenvalue weighted by Gasteiger charge is 2.29. The van der Waals surface area contributed by atoms with Crippen molar-refractivity contribution in [3.05, 3.63) is 69.8 Å². The molecule has 0 aliphatic carbocycles. The molecule has 25 heavy (non-hydrogen) atoms. The van der Waals surface area contributed by atoms with Crippen LogP contribution in [0, 0.1) is 0 Å². The number of amides is 1. The fourth-order valence-corrected chi connectivity index (χ4v) is 3.49. The minimum absolute atomic E-state index is 0.0460. The molecule has 0 radical (unpaired) electrons. The van der Waals surface area contributed by atoms with Gasteiger partial charge in [-0.25, -0.2) is 0 Å². The van der Waals surface area contributed by atoms with Crippen LogP contribution in [0.15, 0.2) is 47.4 Å². The normalized spacial score (nSPS) is 15.5. The maximum atomic E-state index is 12.9. The average Bonchev–Trinajstić information content (AvgIpc) is 2.96. The van der Waals surface area contributed by atoms with E-state index in [-0.39, 0.29) is 23.9 Å². The SMILES string of the molecule is C[C@H]1Cc2cccc3c(O)c(C(=O)NCc4ccccn4)c(=O)n1c23. The number of hydrogen-bond acceptors (Lipinski definition) is 4. The lowest BCUT2D eigenvalue weighted by Gasteiger charge is -2.14. The number of rotatable bonds is 3. The van der Waals surface area contributed by atoms with Crippen LogP contribution in [0.2, 0.25) is 0 Å². The molecule has 2 aromatic heterocycles. The Labute approximate surface area is 143 Å². The molecule has 0 saturated heterocycles. The monoisotopic (exact) mass is 335 g/mol. The summed E-state index contributed by atoms with van der Waals surface area (Å²) in [4.78, 5) is 29.6. The van der Waals surface area contributed by atoms with Crippen molar-refractivity contribution in [1.29, 1.82) is 0 Å². The molecule has 1 amide bonds. The third-order valence-corrected chi connectivity index (χ3v) is 4.62. The van der Waals surface area contributed by atoms with Gasteiger partial charge in [-0.1, -0.05) is 18.2 Å². The van der Waals surface area contributed by atoms with Gasteiger partial charge in [-0.2, -0.15) is 0 Å². The van der Waals surface area contributed by atoms with Crippen LogP contribution in [0.5, 0.6) is 5.75 Å². The summed E-state index contributed by atoms with van der Waals surface area (Å²) in [6.45, 7) is 2.12. The predicted molar refractivity (Wildman–Crippen MR) is 93.7 cm³/mol. The van der Waals surface area contributed by atoms with Gasteiger partial charge in [0.15, 0.2) is 0 Å². The lowest BCUT2D eigenvalue weighted by molar-refractivity contribution is 0.0946. The zero-order chi connectivity index (χ0) is 17.6. The van der Waals surface area contributed by atoms with E-state index >= 15 is 0 Å². The molecule has 2 N–H and O–H groups in total. The molecule has 126 valence electrons. The zero-order valence-electron chi connectivity index (χ0n) is 13.7. The summed E-state index contributed by atoms with van der Waals surface area (Å²) in [6, 6.07) is 10.9. The van der Waals surface area contributed by atoms with Crippen LogP contribution in [0.4, 0.5) is 0 Å². The second-order valence-corrected chi connectivity index (χ2v) is 6.27. The van der Waals surface area contributed by atoms with Crippen LogP contribution in [-0.2, 0) is 13.0 Å². The topological polar surface area (TPSA) is 84.2 Å². The number of carbonyl (C=O) groups excluding carboxylic acids is 1. The predicted octanol–water partition coefficient (Wildman–Crippen LogP) is 2.15. The minimum atomic E-state index is -0.594. The number of carbonyl (C=O) groups is 1. The summed E-state index contributed by atoms with van der Waals surface area (Å²) >= 11 is 0. The van der Waals surface area contributed by atoms with E-state index in [4.69, 9.17) is 0 Å². The average molecular weight is 335 g/mol. The Bertz CT molecular complexity index is 1040. The molecule has 1 aliphatic heterocycles. The third kappa shape index (κ3) is 2.38. The van der Waals surface area contributed by atoms with E-state index in [1.165, 1.54) is 0 Å². The quantitative estimate of drug-likeness (QED) is 0.768. The Morgan fingerprint density at radius 2 is 2.16 bits per heavy atom. The Morgan fingerprint density at radius 1 is 1.32 bits per heavy atom. The Hall–Kier alpha value is -3.15. The van der Waals surface area contributed by atoms with Crippen LogP contribution >= 0.6 is 0 Å². The van der Waals surface area contributed by atoms with E-state index in [9.17, 15) is 14.7 Å². The van der Waals surface area contributed by atoms with Crippen LogP contribution in [-0.4, -0.2) is 20.6 Å². The molecule has 3 aromatic rings. The molecule has 6 nitrogen and oxygen atoms in total. The van der Waals surface area contributed by atoms with Gasteiger partial charge in [-0.05, 0) is 37.1 Å². The molecule has 0 saturated carbocycles. The van der Waals surface area contributed by atoms with Gasteiger partial charge in [0.2, 0.25) is 0 Å². The summed E-state index contributed by atoms with van der Waals surface area (Å²) in [6.07, 6.45) is 2.35. The lowest BCUT2D eigenvalue weighted by Crippen LogP contribution is -2.33. The van der Waals surface area contributed by atoms with E-state index in [2.05, 4.69) is 10.3 Å². The van der Waals surface area contributed by atoms with Gasteiger partial charge in [-0.15, -0.1) is 0 Å². The molecule has 0 fully saturated rings. The molecule has 1 aromatic carbocycles. The number of aromatic hydroxyl groups is 1. The maximum Gasteiger partial charge on any atom is 0.267 e. The van der Waals surface area contributed by atoms with Crippen molar-refractivity contribution in [3.63, 3.8) is 0 Å². The van der Waals surface area contributed by atoms with E-state index in [0.717, 1.165) is 11.1 Å². The Morgan fingerprint density at radius 3 is 2.92 bits per heavy atom. The number of nitrogens with zero attached hydrogens (tertiary/aromatic N) is 2. The number of hydrogen-bond donors (Lipinski definition) is 2. The molecule has 0 bridgehead atoms. The highest BCUT2D eigenvalue weighted by Crippen LogP contribution is 2.35. The van der Waals surface area contributed by atoms with Crippen LogP contribution in [0.25, 0.3) is 10.9 Å². The number of benzene rings is 1. The van der Waals surface area contributed by atoms with E-state index in [0.29, 0.717) is 17.5 Å². The molecule has 6 heteroatoms. The van der Waals surface area contributed by atoms with Crippen LogP contribution in [0.1, 0.15) is 34.6 Å². The molecule has 4 rings (SSSR count). The minimum Gasteiger partial charge on any atom is -0.506 e. The first kappa shape index (κ1) is 15.4. The van der Waals surface area contributed by atoms with E-state index in [1.54, 1.807) is 29.0 Å².